The first-order chi connectivity index (χ1) is 9.66. The number of hydrogen-bond donors (Lipinski definition) is 0. The van der Waals surface area contributed by atoms with Gasteiger partial charge < -0.3 is 9.47 Å². The van der Waals surface area contributed by atoms with E-state index in [1.54, 1.807) is 13.2 Å². The van der Waals surface area contributed by atoms with E-state index in [1.807, 2.05) is 0 Å². The average Bonchev–Trinajstić information content (AvgIpc) is 2.49. The highest BCUT2D eigenvalue weighted by Crippen LogP contribution is 2.51. The van der Waals surface area contributed by atoms with E-state index in [0.717, 1.165) is 38.8 Å². The van der Waals surface area contributed by atoms with Crippen molar-refractivity contribution in [1.29, 1.82) is 0 Å². The number of rotatable bonds is 2. The third kappa shape index (κ3) is 1.59. The molecule has 0 aromatic rings. The van der Waals surface area contributed by atoms with Gasteiger partial charge in [0.05, 0.1) is 20.1 Å². The van der Waals surface area contributed by atoms with Gasteiger partial charge in [-0.15, -0.1) is 0 Å². The lowest BCUT2D eigenvalue weighted by molar-refractivity contribution is -0.178. The zero-order valence-corrected chi connectivity index (χ0v) is 12.1. The molecule has 0 N–H and O–H groups in total. The summed E-state index contributed by atoms with van der Waals surface area (Å²) in [6.45, 7) is 1.71. The van der Waals surface area contributed by atoms with Crippen LogP contribution in [0.25, 0.3) is 0 Å². The Morgan fingerprint density at radius 2 is 1.90 bits per heavy atom. The van der Waals surface area contributed by atoms with Gasteiger partial charge in [0.25, 0.3) is 0 Å². The number of carbonyl (C=O) groups excluding carboxylic acids is 2. The Labute approximate surface area is 118 Å². The molecule has 110 valence electrons. The third-order valence-corrected chi connectivity index (χ3v) is 5.15. The molecule has 0 saturated carbocycles. The molecule has 2 saturated heterocycles. The predicted molar refractivity (Wildman–Crippen MR) is 71.9 cm³/mol. The van der Waals surface area contributed by atoms with Gasteiger partial charge in [-0.1, -0.05) is 0 Å². The SMILES string of the molecule is COC(=O)[C@]12[C@@H]3CCCN1CCC[C@H]2C(OC)=CC3=O. The van der Waals surface area contributed by atoms with Crippen molar-refractivity contribution in [2.24, 2.45) is 11.8 Å². The first kappa shape index (κ1) is 13.6. The fourth-order valence-electron chi connectivity index (χ4n) is 4.42. The molecule has 1 aliphatic carbocycles. The molecule has 3 aliphatic rings. The molecule has 5 nitrogen and oxygen atoms in total. The molecule has 0 bridgehead atoms. The van der Waals surface area contributed by atoms with Crippen LogP contribution in [-0.2, 0) is 19.1 Å². The summed E-state index contributed by atoms with van der Waals surface area (Å²) in [7, 11) is 2.99. The maximum atomic E-state index is 12.6. The molecular formula is C15H21NO4. The number of piperidine rings is 2. The van der Waals surface area contributed by atoms with Gasteiger partial charge in [-0.3, -0.25) is 9.69 Å². The Balaban J connectivity index is 2.17. The van der Waals surface area contributed by atoms with E-state index >= 15 is 0 Å². The summed E-state index contributed by atoms with van der Waals surface area (Å²) in [5.41, 5.74) is -0.831. The predicted octanol–water partition coefficient (Wildman–Crippen LogP) is 1.13. The third-order valence-electron chi connectivity index (χ3n) is 5.15. The van der Waals surface area contributed by atoms with E-state index in [2.05, 4.69) is 4.90 Å². The van der Waals surface area contributed by atoms with Crippen molar-refractivity contribution in [3.05, 3.63) is 11.8 Å². The lowest BCUT2D eigenvalue weighted by atomic mass is 9.60. The van der Waals surface area contributed by atoms with Crippen LogP contribution in [0, 0.1) is 11.8 Å². The molecule has 0 spiro atoms. The molecule has 0 unspecified atom stereocenters. The fraction of sp³-hybridized carbons (Fsp3) is 0.733. The molecule has 2 heterocycles. The van der Waals surface area contributed by atoms with Crippen molar-refractivity contribution in [1.82, 2.24) is 4.90 Å². The van der Waals surface area contributed by atoms with E-state index in [-0.39, 0.29) is 23.6 Å². The number of ketones is 1. The quantitative estimate of drug-likeness (QED) is 0.709. The van der Waals surface area contributed by atoms with Gasteiger partial charge in [0.15, 0.2) is 5.78 Å². The summed E-state index contributed by atoms with van der Waals surface area (Å²) in [5.74, 6) is 0.0332. The Bertz CT molecular complexity index is 470. The van der Waals surface area contributed by atoms with Crippen LogP contribution < -0.4 is 0 Å². The highest BCUT2D eigenvalue weighted by Gasteiger charge is 2.64. The van der Waals surface area contributed by atoms with Gasteiger partial charge >= 0.3 is 5.97 Å². The van der Waals surface area contributed by atoms with Crippen molar-refractivity contribution in [2.75, 3.05) is 27.3 Å². The number of ether oxygens (including phenoxy) is 2. The molecule has 0 amide bonds. The van der Waals surface area contributed by atoms with Crippen LogP contribution in [0.5, 0.6) is 0 Å². The van der Waals surface area contributed by atoms with E-state index in [4.69, 9.17) is 9.47 Å². The zero-order chi connectivity index (χ0) is 14.3. The molecule has 3 rings (SSSR count). The van der Waals surface area contributed by atoms with Gasteiger partial charge in [0, 0.05) is 12.0 Å². The minimum absolute atomic E-state index is 0.00935. The second kappa shape index (κ2) is 4.88. The number of nitrogens with zero attached hydrogens (tertiary/aromatic N) is 1. The van der Waals surface area contributed by atoms with Crippen molar-refractivity contribution in [3.8, 4) is 0 Å². The molecule has 0 radical (unpaired) electrons. The first-order valence-electron chi connectivity index (χ1n) is 7.29. The maximum Gasteiger partial charge on any atom is 0.327 e. The number of esters is 1. The minimum Gasteiger partial charge on any atom is -0.501 e. The Hall–Kier alpha value is -1.36. The number of methoxy groups -OCH3 is 2. The van der Waals surface area contributed by atoms with Crippen molar-refractivity contribution < 1.29 is 19.1 Å². The normalized spacial score (nSPS) is 36.9. The summed E-state index contributed by atoms with van der Waals surface area (Å²) < 4.78 is 10.5. The minimum atomic E-state index is -0.831. The highest BCUT2D eigenvalue weighted by molar-refractivity contribution is 6.00. The molecule has 0 aromatic carbocycles. The monoisotopic (exact) mass is 279 g/mol. The Morgan fingerprint density at radius 3 is 2.50 bits per heavy atom. The van der Waals surface area contributed by atoms with Gasteiger partial charge in [-0.2, -0.15) is 0 Å². The van der Waals surface area contributed by atoms with Gasteiger partial charge in [0.2, 0.25) is 0 Å². The highest BCUT2D eigenvalue weighted by atomic mass is 16.5. The molecule has 2 fully saturated rings. The smallest absolute Gasteiger partial charge is 0.327 e. The number of allylic oxidation sites excluding steroid dienone is 1. The summed E-state index contributed by atoms with van der Waals surface area (Å²) in [4.78, 5) is 27.3. The van der Waals surface area contributed by atoms with Crippen LogP contribution in [-0.4, -0.2) is 49.5 Å². The van der Waals surface area contributed by atoms with Crippen LogP contribution >= 0.6 is 0 Å². The van der Waals surface area contributed by atoms with Gasteiger partial charge in [-0.25, -0.2) is 4.79 Å². The van der Waals surface area contributed by atoms with Gasteiger partial charge in [-0.05, 0) is 38.8 Å². The molecule has 5 heteroatoms. The van der Waals surface area contributed by atoms with E-state index in [9.17, 15) is 9.59 Å². The topological polar surface area (TPSA) is 55.8 Å². The largest absolute Gasteiger partial charge is 0.501 e. The summed E-state index contributed by atoms with van der Waals surface area (Å²) in [5, 5.41) is 0. The lowest BCUT2D eigenvalue weighted by Gasteiger charge is -2.57. The maximum absolute atomic E-state index is 12.6. The average molecular weight is 279 g/mol. The molecule has 3 atom stereocenters. The van der Waals surface area contributed by atoms with Crippen LogP contribution in [0.4, 0.5) is 0 Å². The zero-order valence-electron chi connectivity index (χ0n) is 12.1. The summed E-state index contributed by atoms with van der Waals surface area (Å²) in [6, 6.07) is 0. The van der Waals surface area contributed by atoms with Crippen LogP contribution in [0.3, 0.4) is 0 Å². The van der Waals surface area contributed by atoms with E-state index < -0.39 is 5.54 Å². The number of hydrogen-bond acceptors (Lipinski definition) is 5. The lowest BCUT2D eigenvalue weighted by Crippen LogP contribution is -2.71. The van der Waals surface area contributed by atoms with Crippen molar-refractivity contribution in [3.63, 3.8) is 0 Å². The summed E-state index contributed by atoms with van der Waals surface area (Å²) >= 11 is 0. The fourth-order valence-corrected chi connectivity index (χ4v) is 4.42. The van der Waals surface area contributed by atoms with E-state index in [0.29, 0.717) is 5.76 Å². The van der Waals surface area contributed by atoms with Crippen molar-refractivity contribution >= 4 is 11.8 Å². The second-order valence-corrected chi connectivity index (χ2v) is 5.85. The van der Waals surface area contributed by atoms with Gasteiger partial charge in [0.1, 0.15) is 11.3 Å². The van der Waals surface area contributed by atoms with Crippen LogP contribution in [0.2, 0.25) is 0 Å². The second-order valence-electron chi connectivity index (χ2n) is 5.85. The van der Waals surface area contributed by atoms with Crippen LogP contribution in [0.1, 0.15) is 25.7 Å². The molecular weight excluding hydrogens is 258 g/mol. The molecule has 2 aliphatic heterocycles. The molecule has 20 heavy (non-hydrogen) atoms. The van der Waals surface area contributed by atoms with Crippen LogP contribution in [0.15, 0.2) is 11.8 Å². The summed E-state index contributed by atoms with van der Waals surface area (Å²) in [6.07, 6.45) is 5.21. The van der Waals surface area contributed by atoms with Crippen molar-refractivity contribution in [2.45, 2.75) is 31.2 Å². The number of carbonyl (C=O) groups is 2. The Morgan fingerprint density at radius 1 is 1.25 bits per heavy atom. The first-order valence-corrected chi connectivity index (χ1v) is 7.29. The Kier molecular flexibility index (Phi) is 3.32. The standard InChI is InChI=1S/C15H21NO4/c1-19-13-9-12(17)10-5-3-7-16-8-4-6-11(13)15(10,16)14(18)20-2/h9-11H,3-8H2,1-2H3/t10-,11+,15-/m1/s1. The molecule has 0 aromatic heterocycles. The van der Waals surface area contributed by atoms with E-state index in [1.165, 1.54) is 7.11 Å².